The second-order valence-electron chi connectivity index (χ2n) is 6.87. The smallest absolute Gasteiger partial charge is 0.299 e. The Hall–Kier alpha value is -2.75. The summed E-state index contributed by atoms with van der Waals surface area (Å²) in [5, 5.41) is 9.42. The Morgan fingerprint density at radius 2 is 1.89 bits per heavy atom. The van der Waals surface area contributed by atoms with Crippen molar-refractivity contribution in [2.24, 2.45) is 0 Å². The van der Waals surface area contributed by atoms with Crippen LogP contribution in [-0.4, -0.2) is 34.4 Å². The van der Waals surface area contributed by atoms with Gasteiger partial charge in [-0.25, -0.2) is 0 Å². The van der Waals surface area contributed by atoms with Crippen LogP contribution in [-0.2, 0) is 6.42 Å². The van der Waals surface area contributed by atoms with Crippen molar-refractivity contribution in [1.29, 1.82) is 5.26 Å². The van der Waals surface area contributed by atoms with Crippen LogP contribution in [0, 0.1) is 25.2 Å². The van der Waals surface area contributed by atoms with Crippen molar-refractivity contribution in [1.82, 2.24) is 14.3 Å². The molecule has 28 heavy (non-hydrogen) atoms. The Balaban J connectivity index is 1.74. The van der Waals surface area contributed by atoms with E-state index in [0.29, 0.717) is 16.6 Å². The average Bonchev–Trinajstić information content (AvgIpc) is 3.17. The molecule has 0 aliphatic rings. The van der Waals surface area contributed by atoms with Gasteiger partial charge in [-0.3, -0.25) is 0 Å². The molecule has 3 rings (SSSR count). The van der Waals surface area contributed by atoms with Gasteiger partial charge in [-0.05, 0) is 80.9 Å². The number of nitriles is 1. The Kier molecular flexibility index (Phi) is 6.40. The number of benzene rings is 2. The normalized spacial score (nSPS) is 10.9. The maximum atomic E-state index is 8.91. The van der Waals surface area contributed by atoms with Gasteiger partial charge in [-0.2, -0.15) is 14.6 Å². The minimum atomic E-state index is 0.514. The van der Waals surface area contributed by atoms with Crippen molar-refractivity contribution >= 4 is 11.5 Å². The third-order valence-electron chi connectivity index (χ3n) is 4.81. The van der Waals surface area contributed by atoms with Gasteiger partial charge in [0.05, 0.1) is 11.6 Å². The van der Waals surface area contributed by atoms with Crippen LogP contribution < -0.4 is 4.74 Å². The molecule has 0 N–H and O–H groups in total. The molecular weight excluding hydrogens is 368 g/mol. The number of aryl methyl sites for hydroxylation is 2. The molecule has 0 spiro atoms. The molecule has 0 aliphatic heterocycles. The average molecular weight is 393 g/mol. The van der Waals surface area contributed by atoms with E-state index in [9.17, 15) is 0 Å². The molecule has 5 nitrogen and oxygen atoms in total. The lowest BCUT2D eigenvalue weighted by molar-refractivity contribution is 0.357. The molecule has 144 valence electrons. The highest BCUT2D eigenvalue weighted by molar-refractivity contribution is 7.07. The maximum absolute atomic E-state index is 8.91. The van der Waals surface area contributed by atoms with Gasteiger partial charge in [0.1, 0.15) is 5.75 Å². The molecule has 3 aromatic rings. The van der Waals surface area contributed by atoms with Crippen LogP contribution in [0.2, 0.25) is 0 Å². The molecule has 0 amide bonds. The molecule has 0 bridgehead atoms. The van der Waals surface area contributed by atoms with E-state index in [1.54, 1.807) is 12.1 Å². The number of aromatic nitrogens is 2. The monoisotopic (exact) mass is 392 g/mol. The fraction of sp³-hybridized carbons (Fsp3) is 0.318. The number of ether oxygens (including phenoxy) is 1. The van der Waals surface area contributed by atoms with Crippen LogP contribution in [0.5, 0.6) is 10.9 Å². The zero-order valence-electron chi connectivity index (χ0n) is 16.7. The van der Waals surface area contributed by atoms with E-state index in [0.717, 1.165) is 36.4 Å². The second kappa shape index (κ2) is 8.96. The Morgan fingerprint density at radius 3 is 2.57 bits per heavy atom. The molecule has 2 aromatic carbocycles. The summed E-state index contributed by atoms with van der Waals surface area (Å²) >= 11 is 1.23. The first kappa shape index (κ1) is 20.0. The van der Waals surface area contributed by atoms with E-state index >= 15 is 0 Å². The summed E-state index contributed by atoms with van der Waals surface area (Å²) < 4.78 is 10.4. The van der Waals surface area contributed by atoms with Crippen LogP contribution in [0.25, 0.3) is 11.4 Å². The van der Waals surface area contributed by atoms with Crippen molar-refractivity contribution in [3.05, 3.63) is 58.7 Å². The van der Waals surface area contributed by atoms with Crippen LogP contribution in [0.15, 0.2) is 36.4 Å². The van der Waals surface area contributed by atoms with Crippen molar-refractivity contribution in [2.45, 2.75) is 27.2 Å². The summed E-state index contributed by atoms with van der Waals surface area (Å²) in [7, 11) is 2.14. The van der Waals surface area contributed by atoms with Crippen molar-refractivity contribution in [3.63, 3.8) is 0 Å². The zero-order valence-corrected chi connectivity index (χ0v) is 17.5. The molecular formula is C22H24N4OS. The first-order valence-corrected chi connectivity index (χ1v) is 10.1. The lowest BCUT2D eigenvalue weighted by Gasteiger charge is -2.16. The molecule has 0 aliphatic carbocycles. The summed E-state index contributed by atoms with van der Waals surface area (Å²) in [4.78, 5) is 6.80. The highest BCUT2D eigenvalue weighted by atomic mass is 32.1. The Labute approximate surface area is 170 Å². The third-order valence-corrected chi connectivity index (χ3v) is 5.41. The van der Waals surface area contributed by atoms with E-state index in [4.69, 9.17) is 10.00 Å². The van der Waals surface area contributed by atoms with Gasteiger partial charge < -0.3 is 9.64 Å². The van der Waals surface area contributed by atoms with E-state index in [1.165, 1.54) is 22.7 Å². The fourth-order valence-electron chi connectivity index (χ4n) is 2.85. The van der Waals surface area contributed by atoms with E-state index < -0.39 is 0 Å². The molecule has 1 heterocycles. The molecule has 1 aromatic heterocycles. The van der Waals surface area contributed by atoms with E-state index in [-0.39, 0.29) is 0 Å². The van der Waals surface area contributed by atoms with Gasteiger partial charge in [0.2, 0.25) is 0 Å². The molecule has 6 heteroatoms. The van der Waals surface area contributed by atoms with E-state index in [2.05, 4.69) is 60.3 Å². The molecule has 0 saturated carbocycles. The molecule has 0 fully saturated rings. The lowest BCUT2D eigenvalue weighted by Crippen LogP contribution is -2.20. The minimum absolute atomic E-state index is 0.514. The van der Waals surface area contributed by atoms with Gasteiger partial charge in [-0.15, -0.1) is 0 Å². The van der Waals surface area contributed by atoms with Gasteiger partial charge >= 0.3 is 0 Å². The van der Waals surface area contributed by atoms with Gasteiger partial charge in [-0.1, -0.05) is 13.0 Å². The van der Waals surface area contributed by atoms with Crippen LogP contribution in [0.1, 0.15) is 29.2 Å². The molecule has 0 radical (unpaired) electrons. The van der Waals surface area contributed by atoms with Crippen LogP contribution >= 0.6 is 11.5 Å². The van der Waals surface area contributed by atoms with Crippen LogP contribution in [0.3, 0.4) is 0 Å². The summed E-state index contributed by atoms with van der Waals surface area (Å²) in [5.74, 6) is 1.42. The number of likely N-dealkylation sites (N-methyl/N-ethyl adjacent to an activating group) is 1. The highest BCUT2D eigenvalue weighted by Crippen LogP contribution is 2.31. The SMILES string of the molecule is CCN(C)CCc1cc(C)c(Oc2nc(-c3ccc(C#N)cc3)ns2)cc1C. The van der Waals surface area contributed by atoms with Gasteiger partial charge in [0.25, 0.3) is 5.19 Å². The van der Waals surface area contributed by atoms with Gasteiger partial charge in [0.15, 0.2) is 5.82 Å². The fourth-order valence-corrected chi connectivity index (χ4v) is 3.42. The van der Waals surface area contributed by atoms with Gasteiger partial charge in [0, 0.05) is 23.6 Å². The summed E-state index contributed by atoms with van der Waals surface area (Å²) in [6, 6.07) is 13.6. The third kappa shape index (κ3) is 4.75. The second-order valence-corrected chi connectivity index (χ2v) is 7.58. The number of rotatable bonds is 7. The molecule has 0 unspecified atom stereocenters. The standard InChI is InChI=1S/C22H24N4OS/c1-5-26(4)11-10-19-12-16(3)20(13-15(19)2)27-22-24-21(25-28-22)18-8-6-17(14-23)7-9-18/h6-9,12-13H,5,10-11H2,1-4H3. The Morgan fingerprint density at radius 1 is 1.14 bits per heavy atom. The zero-order chi connectivity index (χ0) is 20.1. The predicted molar refractivity (Wildman–Crippen MR) is 113 cm³/mol. The minimum Gasteiger partial charge on any atom is -0.430 e. The number of hydrogen-bond donors (Lipinski definition) is 0. The maximum Gasteiger partial charge on any atom is 0.299 e. The van der Waals surface area contributed by atoms with Crippen molar-refractivity contribution < 1.29 is 4.74 Å². The first-order chi connectivity index (χ1) is 13.5. The largest absolute Gasteiger partial charge is 0.430 e. The number of nitrogens with zero attached hydrogens (tertiary/aromatic N) is 4. The van der Waals surface area contributed by atoms with E-state index in [1.807, 2.05) is 12.1 Å². The summed E-state index contributed by atoms with van der Waals surface area (Å²) in [6.45, 7) is 8.45. The quantitative estimate of drug-likeness (QED) is 0.567. The Bertz CT molecular complexity index is 989. The molecule has 0 saturated heterocycles. The topological polar surface area (TPSA) is 62.0 Å². The number of hydrogen-bond acceptors (Lipinski definition) is 6. The molecule has 0 atom stereocenters. The summed E-state index contributed by atoms with van der Waals surface area (Å²) in [5.41, 5.74) is 5.15. The van der Waals surface area contributed by atoms with Crippen molar-refractivity contribution in [2.75, 3.05) is 20.1 Å². The predicted octanol–water partition coefficient (Wildman–Crippen LogP) is 4.98. The highest BCUT2D eigenvalue weighted by Gasteiger charge is 2.12. The van der Waals surface area contributed by atoms with Crippen molar-refractivity contribution in [3.8, 4) is 28.4 Å². The summed E-state index contributed by atoms with van der Waals surface area (Å²) in [6.07, 6.45) is 1.03. The first-order valence-electron chi connectivity index (χ1n) is 9.31. The van der Waals surface area contributed by atoms with Crippen LogP contribution in [0.4, 0.5) is 0 Å². The lowest BCUT2D eigenvalue weighted by atomic mass is 10.0.